The molecule has 1 heterocycles. The highest BCUT2D eigenvalue weighted by molar-refractivity contribution is 9.10. The Labute approximate surface area is 99.8 Å². The van der Waals surface area contributed by atoms with Gasteiger partial charge in [0, 0.05) is 29.3 Å². The maximum Gasteiger partial charge on any atom is 0.0455 e. The lowest BCUT2D eigenvalue weighted by atomic mass is 10.1. The molecule has 0 fully saturated rings. The second kappa shape index (κ2) is 4.54. The van der Waals surface area contributed by atoms with Crippen LogP contribution in [0, 0.1) is 0 Å². The minimum Gasteiger partial charge on any atom is -0.367 e. The van der Waals surface area contributed by atoms with Gasteiger partial charge in [0.1, 0.15) is 0 Å². The lowest BCUT2D eigenvalue weighted by molar-refractivity contribution is 0.592. The Morgan fingerprint density at radius 3 is 3.00 bits per heavy atom. The summed E-state index contributed by atoms with van der Waals surface area (Å²) in [5.41, 5.74) is 2.87. The van der Waals surface area contributed by atoms with E-state index in [4.69, 9.17) is 0 Å². The summed E-state index contributed by atoms with van der Waals surface area (Å²) in [4.78, 5) is 2.48. The molecular weight excluding hydrogens is 252 g/mol. The highest BCUT2D eigenvalue weighted by Crippen LogP contribution is 2.33. The molecule has 0 saturated heterocycles. The molecule has 2 nitrogen and oxygen atoms in total. The molecular formula is C12H17BrN2. The van der Waals surface area contributed by atoms with Crippen molar-refractivity contribution in [2.45, 2.75) is 19.4 Å². The fraction of sp³-hybridized carbons (Fsp3) is 0.500. The van der Waals surface area contributed by atoms with Gasteiger partial charge in [0.15, 0.2) is 0 Å². The maximum absolute atomic E-state index is 3.53. The molecule has 1 N–H and O–H groups in total. The molecule has 3 heteroatoms. The van der Waals surface area contributed by atoms with Crippen molar-refractivity contribution < 1.29 is 0 Å². The number of anilines is 1. The summed E-state index contributed by atoms with van der Waals surface area (Å²) in [5, 5.41) is 3.27. The number of hydrogen-bond donors (Lipinski definition) is 1. The van der Waals surface area contributed by atoms with E-state index >= 15 is 0 Å². The van der Waals surface area contributed by atoms with Crippen LogP contribution in [0.5, 0.6) is 0 Å². The van der Waals surface area contributed by atoms with E-state index in [1.807, 2.05) is 7.05 Å². The molecule has 0 spiro atoms. The van der Waals surface area contributed by atoms with Gasteiger partial charge in [-0.15, -0.1) is 0 Å². The van der Waals surface area contributed by atoms with Crippen LogP contribution in [0.2, 0.25) is 0 Å². The molecule has 1 atom stereocenters. The van der Waals surface area contributed by atoms with Gasteiger partial charge >= 0.3 is 0 Å². The first-order valence-corrected chi connectivity index (χ1v) is 6.25. The maximum atomic E-state index is 3.53. The Bertz CT molecular complexity index is 351. The molecule has 82 valence electrons. The van der Waals surface area contributed by atoms with Gasteiger partial charge in [-0.1, -0.05) is 15.9 Å². The largest absolute Gasteiger partial charge is 0.367 e. The zero-order chi connectivity index (χ0) is 10.8. The van der Waals surface area contributed by atoms with Gasteiger partial charge in [0.05, 0.1) is 0 Å². The van der Waals surface area contributed by atoms with Crippen LogP contribution in [0.1, 0.15) is 12.5 Å². The van der Waals surface area contributed by atoms with Crippen molar-refractivity contribution in [3.63, 3.8) is 0 Å². The van der Waals surface area contributed by atoms with Gasteiger partial charge in [0.25, 0.3) is 0 Å². The third kappa shape index (κ3) is 2.04. The van der Waals surface area contributed by atoms with Gasteiger partial charge in [0.2, 0.25) is 0 Å². The third-order valence-electron chi connectivity index (χ3n) is 3.03. The van der Waals surface area contributed by atoms with E-state index in [9.17, 15) is 0 Å². The number of nitrogens with zero attached hydrogens (tertiary/aromatic N) is 1. The van der Waals surface area contributed by atoms with Crippen molar-refractivity contribution in [2.24, 2.45) is 0 Å². The first kappa shape index (κ1) is 11.0. The van der Waals surface area contributed by atoms with Crippen LogP contribution in [0.4, 0.5) is 5.69 Å². The second-order valence-corrected chi connectivity index (χ2v) is 4.89. The predicted octanol–water partition coefficient (Wildman–Crippen LogP) is 2.42. The average molecular weight is 269 g/mol. The number of rotatable bonds is 3. The van der Waals surface area contributed by atoms with E-state index in [2.05, 4.69) is 51.3 Å². The molecule has 0 radical (unpaired) electrons. The average Bonchev–Trinajstić information content (AvgIpc) is 2.54. The summed E-state index contributed by atoms with van der Waals surface area (Å²) >= 11 is 3.53. The van der Waals surface area contributed by atoms with Crippen molar-refractivity contribution in [1.82, 2.24) is 5.32 Å². The zero-order valence-electron chi connectivity index (χ0n) is 9.26. The van der Waals surface area contributed by atoms with Crippen molar-refractivity contribution >= 4 is 21.6 Å². The fourth-order valence-corrected chi connectivity index (χ4v) is 2.81. The Morgan fingerprint density at radius 2 is 2.33 bits per heavy atom. The fourth-order valence-electron chi connectivity index (χ4n) is 2.41. The summed E-state index contributed by atoms with van der Waals surface area (Å²) in [6.45, 7) is 4.36. The number of benzene rings is 1. The van der Waals surface area contributed by atoms with Gasteiger partial charge in [-0.2, -0.15) is 0 Å². The summed E-state index contributed by atoms with van der Waals surface area (Å²) in [6.07, 6.45) is 1.16. The number of hydrogen-bond acceptors (Lipinski definition) is 2. The molecule has 0 amide bonds. The summed E-state index contributed by atoms with van der Waals surface area (Å²) in [5.74, 6) is 0. The molecule has 0 bridgehead atoms. The standard InChI is InChI=1S/C12H17BrN2/c1-3-15-11(8-14-2)7-9-6-10(13)4-5-12(9)15/h4-6,11,14H,3,7-8H2,1-2H3. The molecule has 1 unspecified atom stereocenters. The topological polar surface area (TPSA) is 15.3 Å². The van der Waals surface area contributed by atoms with Gasteiger partial charge in [-0.3, -0.25) is 0 Å². The lowest BCUT2D eigenvalue weighted by Gasteiger charge is -2.25. The molecule has 2 rings (SSSR count). The Hall–Kier alpha value is -0.540. The van der Waals surface area contributed by atoms with E-state index < -0.39 is 0 Å². The summed E-state index contributed by atoms with van der Waals surface area (Å²) in [7, 11) is 2.02. The van der Waals surface area contributed by atoms with E-state index in [1.165, 1.54) is 15.7 Å². The molecule has 0 saturated carbocycles. The summed E-state index contributed by atoms with van der Waals surface area (Å²) in [6, 6.07) is 7.21. The van der Waals surface area contributed by atoms with Gasteiger partial charge < -0.3 is 10.2 Å². The van der Waals surface area contributed by atoms with Crippen LogP contribution < -0.4 is 10.2 Å². The van der Waals surface area contributed by atoms with Crippen LogP contribution in [-0.4, -0.2) is 26.2 Å². The predicted molar refractivity (Wildman–Crippen MR) is 68.6 cm³/mol. The Kier molecular flexibility index (Phi) is 3.32. The molecule has 1 aliphatic heterocycles. The van der Waals surface area contributed by atoms with Crippen LogP contribution in [-0.2, 0) is 6.42 Å². The van der Waals surface area contributed by atoms with Crippen LogP contribution in [0.15, 0.2) is 22.7 Å². The highest BCUT2D eigenvalue weighted by atomic mass is 79.9. The molecule has 1 aromatic carbocycles. The third-order valence-corrected chi connectivity index (χ3v) is 3.52. The molecule has 0 aliphatic carbocycles. The number of nitrogens with one attached hydrogen (secondary N) is 1. The molecule has 15 heavy (non-hydrogen) atoms. The zero-order valence-corrected chi connectivity index (χ0v) is 10.8. The normalized spacial score (nSPS) is 19.4. The van der Waals surface area contributed by atoms with E-state index in [1.54, 1.807) is 0 Å². The van der Waals surface area contributed by atoms with Crippen LogP contribution in [0.25, 0.3) is 0 Å². The summed E-state index contributed by atoms with van der Waals surface area (Å²) < 4.78 is 1.18. The second-order valence-electron chi connectivity index (χ2n) is 3.97. The number of halogens is 1. The smallest absolute Gasteiger partial charge is 0.0455 e. The quantitative estimate of drug-likeness (QED) is 0.906. The van der Waals surface area contributed by atoms with E-state index in [0.29, 0.717) is 6.04 Å². The SMILES string of the molecule is CCN1c2ccc(Br)cc2CC1CNC. The van der Waals surface area contributed by atoms with Crippen molar-refractivity contribution in [3.8, 4) is 0 Å². The van der Waals surface area contributed by atoms with Crippen LogP contribution in [0.3, 0.4) is 0 Å². The molecule has 1 aliphatic rings. The Morgan fingerprint density at radius 1 is 1.53 bits per heavy atom. The van der Waals surface area contributed by atoms with E-state index in [0.717, 1.165) is 19.5 Å². The van der Waals surface area contributed by atoms with Crippen molar-refractivity contribution in [1.29, 1.82) is 0 Å². The minimum atomic E-state index is 0.615. The lowest BCUT2D eigenvalue weighted by Crippen LogP contribution is -2.38. The molecule has 0 aromatic heterocycles. The molecule has 1 aromatic rings. The number of fused-ring (bicyclic) bond motifs is 1. The van der Waals surface area contributed by atoms with Crippen molar-refractivity contribution in [2.75, 3.05) is 25.0 Å². The van der Waals surface area contributed by atoms with Gasteiger partial charge in [-0.25, -0.2) is 0 Å². The van der Waals surface area contributed by atoms with Gasteiger partial charge in [-0.05, 0) is 44.2 Å². The first-order valence-electron chi connectivity index (χ1n) is 5.46. The van der Waals surface area contributed by atoms with Crippen molar-refractivity contribution in [3.05, 3.63) is 28.2 Å². The Balaban J connectivity index is 2.28. The van der Waals surface area contributed by atoms with E-state index in [-0.39, 0.29) is 0 Å². The highest BCUT2D eigenvalue weighted by Gasteiger charge is 2.27. The number of likely N-dealkylation sites (N-methyl/N-ethyl adjacent to an activating group) is 2. The van der Waals surface area contributed by atoms with Crippen LogP contribution >= 0.6 is 15.9 Å². The first-order chi connectivity index (χ1) is 7.26. The monoisotopic (exact) mass is 268 g/mol. The minimum absolute atomic E-state index is 0.615.